The van der Waals surface area contributed by atoms with Crippen LogP contribution in [0.3, 0.4) is 0 Å². The van der Waals surface area contributed by atoms with Gasteiger partial charge in [0.15, 0.2) is 0 Å². The van der Waals surface area contributed by atoms with Gasteiger partial charge >= 0.3 is 0 Å². The average molecular weight is 177 g/mol. The van der Waals surface area contributed by atoms with E-state index in [1.54, 1.807) is 6.07 Å². The van der Waals surface area contributed by atoms with Crippen molar-refractivity contribution in [2.24, 2.45) is 5.92 Å². The summed E-state index contributed by atoms with van der Waals surface area (Å²) < 4.78 is 0. The minimum atomic E-state index is 0.369. The number of aromatic hydroxyl groups is 1. The third-order valence-electron chi connectivity index (χ3n) is 2.75. The lowest BCUT2D eigenvalue weighted by Gasteiger charge is -2.13. The number of fused-ring (bicyclic) bond motifs is 1. The molecule has 2 heteroatoms. The summed E-state index contributed by atoms with van der Waals surface area (Å²) in [5.74, 6) is 1.53. The van der Waals surface area contributed by atoms with Gasteiger partial charge in [0.05, 0.1) is 0 Å². The molecule has 1 heterocycles. The van der Waals surface area contributed by atoms with E-state index in [1.165, 1.54) is 11.3 Å². The van der Waals surface area contributed by atoms with Crippen LogP contribution in [0.15, 0.2) is 18.2 Å². The highest BCUT2D eigenvalue weighted by Crippen LogP contribution is 2.37. The van der Waals surface area contributed by atoms with Crippen LogP contribution in [0.5, 0.6) is 5.75 Å². The molecule has 0 bridgehead atoms. The lowest BCUT2D eigenvalue weighted by molar-refractivity contribution is 0.471. The van der Waals surface area contributed by atoms with Crippen molar-refractivity contribution in [3.63, 3.8) is 0 Å². The van der Waals surface area contributed by atoms with Crippen molar-refractivity contribution in [3.05, 3.63) is 23.8 Å². The van der Waals surface area contributed by atoms with Crippen LogP contribution in [0.1, 0.15) is 25.3 Å². The third kappa shape index (κ3) is 1.37. The summed E-state index contributed by atoms with van der Waals surface area (Å²) in [5.41, 5.74) is 2.44. The monoisotopic (exact) mass is 177 g/mol. The van der Waals surface area contributed by atoms with E-state index in [0.717, 1.165) is 6.54 Å². The molecule has 0 saturated carbocycles. The highest BCUT2D eigenvalue weighted by molar-refractivity contribution is 5.60. The molecule has 0 radical (unpaired) electrons. The van der Waals surface area contributed by atoms with Crippen molar-refractivity contribution in [3.8, 4) is 5.75 Å². The lowest BCUT2D eigenvalue weighted by Crippen LogP contribution is -2.08. The van der Waals surface area contributed by atoms with Gasteiger partial charge in [-0.25, -0.2) is 0 Å². The molecule has 0 saturated heterocycles. The average Bonchev–Trinajstić information content (AvgIpc) is 2.46. The maximum atomic E-state index is 9.37. The van der Waals surface area contributed by atoms with Crippen LogP contribution in [0.25, 0.3) is 0 Å². The maximum absolute atomic E-state index is 9.37. The van der Waals surface area contributed by atoms with Gasteiger partial charge < -0.3 is 10.4 Å². The van der Waals surface area contributed by atoms with E-state index < -0.39 is 0 Å². The van der Waals surface area contributed by atoms with Crippen LogP contribution in [-0.4, -0.2) is 11.7 Å². The Labute approximate surface area is 78.6 Å². The number of rotatable bonds is 1. The van der Waals surface area contributed by atoms with Crippen molar-refractivity contribution in [2.45, 2.75) is 19.8 Å². The molecule has 1 aliphatic heterocycles. The van der Waals surface area contributed by atoms with Gasteiger partial charge in [0.2, 0.25) is 0 Å². The largest absolute Gasteiger partial charge is 0.508 e. The van der Waals surface area contributed by atoms with Crippen LogP contribution in [0, 0.1) is 5.92 Å². The Morgan fingerprint density at radius 1 is 1.46 bits per heavy atom. The zero-order valence-electron chi connectivity index (χ0n) is 8.04. The number of benzene rings is 1. The number of phenols is 1. The second-order valence-electron chi connectivity index (χ2n) is 4.00. The third-order valence-corrected chi connectivity index (χ3v) is 2.75. The first kappa shape index (κ1) is 8.42. The Bertz CT molecular complexity index is 320. The molecule has 0 aromatic heterocycles. The predicted octanol–water partition coefficient (Wildman–Crippen LogP) is 2.56. The molecule has 2 rings (SSSR count). The molecule has 1 aliphatic rings. The van der Waals surface area contributed by atoms with E-state index in [2.05, 4.69) is 19.2 Å². The second kappa shape index (κ2) is 2.95. The Balaban J connectivity index is 2.40. The first-order valence-electron chi connectivity index (χ1n) is 4.75. The molecule has 70 valence electrons. The highest BCUT2D eigenvalue weighted by atomic mass is 16.3. The number of anilines is 1. The zero-order chi connectivity index (χ0) is 9.42. The Morgan fingerprint density at radius 3 is 2.92 bits per heavy atom. The maximum Gasteiger partial charge on any atom is 0.116 e. The molecule has 1 aromatic carbocycles. The van der Waals surface area contributed by atoms with E-state index in [1.807, 2.05) is 12.1 Å². The fourth-order valence-electron chi connectivity index (χ4n) is 1.94. The molecule has 1 atom stereocenters. The first-order chi connectivity index (χ1) is 6.18. The van der Waals surface area contributed by atoms with Gasteiger partial charge in [-0.2, -0.15) is 0 Å². The molecule has 0 spiro atoms. The molecule has 2 N–H and O–H groups in total. The Hall–Kier alpha value is -1.18. The number of hydrogen-bond donors (Lipinski definition) is 2. The SMILES string of the molecule is CC(C)[C@@H]1CNc2ccc(O)cc21. The van der Waals surface area contributed by atoms with Crippen molar-refractivity contribution in [1.29, 1.82) is 0 Å². The summed E-state index contributed by atoms with van der Waals surface area (Å²) in [4.78, 5) is 0. The Kier molecular flexibility index (Phi) is 1.91. The number of phenolic OH excluding ortho intramolecular Hbond substituents is 1. The zero-order valence-corrected chi connectivity index (χ0v) is 8.04. The minimum absolute atomic E-state index is 0.369. The number of hydrogen-bond acceptors (Lipinski definition) is 2. The van der Waals surface area contributed by atoms with E-state index in [0.29, 0.717) is 17.6 Å². The quantitative estimate of drug-likeness (QED) is 0.646. The summed E-state index contributed by atoms with van der Waals surface area (Å²) >= 11 is 0. The standard InChI is InChI=1S/C11H15NO/c1-7(2)10-6-12-11-4-3-8(13)5-9(10)11/h3-5,7,10,12-13H,6H2,1-2H3/t10-/m0/s1. The first-order valence-corrected chi connectivity index (χ1v) is 4.75. The summed E-state index contributed by atoms with van der Waals surface area (Å²) in [6.07, 6.45) is 0. The summed E-state index contributed by atoms with van der Waals surface area (Å²) in [6, 6.07) is 5.56. The highest BCUT2D eigenvalue weighted by Gasteiger charge is 2.24. The fraction of sp³-hybridized carbons (Fsp3) is 0.455. The van der Waals surface area contributed by atoms with E-state index in [4.69, 9.17) is 0 Å². The molecular weight excluding hydrogens is 162 g/mol. The second-order valence-corrected chi connectivity index (χ2v) is 4.00. The van der Waals surface area contributed by atoms with Gasteiger partial charge in [-0.05, 0) is 29.7 Å². The van der Waals surface area contributed by atoms with Crippen molar-refractivity contribution < 1.29 is 5.11 Å². The molecular formula is C11H15NO. The van der Waals surface area contributed by atoms with E-state index in [9.17, 15) is 5.11 Å². The van der Waals surface area contributed by atoms with Gasteiger partial charge in [-0.1, -0.05) is 13.8 Å². The molecule has 13 heavy (non-hydrogen) atoms. The summed E-state index contributed by atoms with van der Waals surface area (Å²) in [6.45, 7) is 5.42. The normalized spacial score (nSPS) is 20.1. The van der Waals surface area contributed by atoms with Gasteiger partial charge in [0.25, 0.3) is 0 Å². The summed E-state index contributed by atoms with van der Waals surface area (Å²) in [5, 5.41) is 12.7. The topological polar surface area (TPSA) is 32.3 Å². The van der Waals surface area contributed by atoms with E-state index in [-0.39, 0.29) is 0 Å². The fourth-order valence-corrected chi connectivity index (χ4v) is 1.94. The van der Waals surface area contributed by atoms with Crippen molar-refractivity contribution in [2.75, 3.05) is 11.9 Å². The predicted molar refractivity (Wildman–Crippen MR) is 54.2 cm³/mol. The van der Waals surface area contributed by atoms with Gasteiger partial charge in [-0.15, -0.1) is 0 Å². The van der Waals surface area contributed by atoms with Crippen LogP contribution < -0.4 is 5.32 Å². The molecule has 1 aromatic rings. The molecule has 0 amide bonds. The van der Waals surface area contributed by atoms with Gasteiger partial charge in [-0.3, -0.25) is 0 Å². The Morgan fingerprint density at radius 2 is 2.23 bits per heavy atom. The van der Waals surface area contributed by atoms with Crippen molar-refractivity contribution in [1.82, 2.24) is 0 Å². The smallest absolute Gasteiger partial charge is 0.116 e. The van der Waals surface area contributed by atoms with E-state index >= 15 is 0 Å². The van der Waals surface area contributed by atoms with Crippen LogP contribution >= 0.6 is 0 Å². The molecule has 0 fully saturated rings. The van der Waals surface area contributed by atoms with Crippen LogP contribution in [-0.2, 0) is 0 Å². The number of nitrogens with one attached hydrogen (secondary N) is 1. The van der Waals surface area contributed by atoms with Crippen LogP contribution in [0.2, 0.25) is 0 Å². The van der Waals surface area contributed by atoms with Gasteiger partial charge in [0.1, 0.15) is 5.75 Å². The lowest BCUT2D eigenvalue weighted by atomic mass is 9.90. The summed E-state index contributed by atoms with van der Waals surface area (Å²) in [7, 11) is 0. The minimum Gasteiger partial charge on any atom is -0.508 e. The van der Waals surface area contributed by atoms with Crippen LogP contribution in [0.4, 0.5) is 5.69 Å². The van der Waals surface area contributed by atoms with Gasteiger partial charge in [0, 0.05) is 18.2 Å². The molecule has 0 unspecified atom stereocenters. The molecule has 2 nitrogen and oxygen atoms in total. The van der Waals surface area contributed by atoms with Crippen molar-refractivity contribution >= 4 is 5.69 Å². The molecule has 0 aliphatic carbocycles.